The second kappa shape index (κ2) is 7.76. The molecular weight excluding hydrogens is 448 g/mol. The maximum atomic E-state index is 12.2. The van der Waals surface area contributed by atoms with Crippen molar-refractivity contribution in [1.82, 2.24) is 5.32 Å². The Bertz CT molecular complexity index is 1070. The van der Waals surface area contributed by atoms with Crippen LogP contribution in [0.4, 0.5) is 5.69 Å². The van der Waals surface area contributed by atoms with Gasteiger partial charge in [-0.15, -0.1) is 0 Å². The number of para-hydroxylation sites is 1. The Morgan fingerprint density at radius 1 is 1.07 bits per heavy atom. The molecule has 1 N–H and O–H groups in total. The zero-order chi connectivity index (χ0) is 18.8. The fourth-order valence-electron chi connectivity index (χ4n) is 2.46. The molecule has 2 heterocycles. The van der Waals surface area contributed by atoms with Crippen LogP contribution in [0.25, 0.3) is 17.4 Å². The zero-order valence-corrected chi connectivity index (χ0v) is 16.9. The van der Waals surface area contributed by atoms with E-state index in [9.17, 15) is 4.79 Å². The van der Waals surface area contributed by atoms with Gasteiger partial charge in [-0.05, 0) is 48.2 Å². The Morgan fingerprint density at radius 2 is 1.85 bits per heavy atom. The van der Waals surface area contributed by atoms with Crippen LogP contribution in [0.15, 0.2) is 79.5 Å². The molecule has 3 aromatic rings. The van der Waals surface area contributed by atoms with Crippen molar-refractivity contribution in [2.45, 2.75) is 0 Å². The number of amides is 1. The molecule has 0 aliphatic carbocycles. The van der Waals surface area contributed by atoms with Gasteiger partial charge in [0.05, 0.1) is 15.6 Å². The minimum absolute atomic E-state index is 0.215. The van der Waals surface area contributed by atoms with Gasteiger partial charge >= 0.3 is 0 Å². The van der Waals surface area contributed by atoms with E-state index in [0.29, 0.717) is 26.5 Å². The first-order chi connectivity index (χ1) is 13.1. The van der Waals surface area contributed by atoms with Gasteiger partial charge in [0, 0.05) is 16.1 Å². The SMILES string of the molecule is O=C1NC(=Nc2ccccc2Cl)S/C1=C/c1ccc(-c2ccc(Br)cc2)o1. The largest absolute Gasteiger partial charge is 0.457 e. The summed E-state index contributed by atoms with van der Waals surface area (Å²) in [4.78, 5) is 17.1. The van der Waals surface area contributed by atoms with E-state index in [1.165, 1.54) is 11.8 Å². The summed E-state index contributed by atoms with van der Waals surface area (Å²) in [6.45, 7) is 0. The number of hydrogen-bond acceptors (Lipinski definition) is 4. The standard InChI is InChI=1S/C20H12BrClN2O2S/c21-13-7-5-12(6-8-13)17-10-9-14(26-17)11-18-19(25)24-20(27-18)23-16-4-2-1-3-15(16)22/h1-11H,(H,23,24,25)/b18-11+. The van der Waals surface area contributed by atoms with Gasteiger partial charge in [0.1, 0.15) is 11.5 Å². The van der Waals surface area contributed by atoms with E-state index >= 15 is 0 Å². The van der Waals surface area contributed by atoms with E-state index in [0.717, 1.165) is 15.8 Å². The number of halogens is 2. The molecule has 4 rings (SSSR count). The number of benzene rings is 2. The molecule has 1 aliphatic rings. The number of thioether (sulfide) groups is 1. The quantitative estimate of drug-likeness (QED) is 0.471. The molecule has 0 unspecified atom stereocenters. The summed E-state index contributed by atoms with van der Waals surface area (Å²) in [6.07, 6.45) is 1.71. The second-order valence-corrected chi connectivity index (χ2v) is 8.00. The average molecular weight is 460 g/mol. The lowest BCUT2D eigenvalue weighted by molar-refractivity contribution is -0.115. The molecular formula is C20H12BrClN2O2S. The Kier molecular flexibility index (Phi) is 5.20. The third-order valence-electron chi connectivity index (χ3n) is 3.75. The second-order valence-electron chi connectivity index (χ2n) is 5.64. The highest BCUT2D eigenvalue weighted by atomic mass is 79.9. The molecule has 1 amide bonds. The average Bonchev–Trinajstić information content (AvgIpc) is 3.25. The molecule has 0 radical (unpaired) electrons. The Labute approximate surface area is 173 Å². The molecule has 7 heteroatoms. The van der Waals surface area contributed by atoms with Gasteiger partial charge in [0.2, 0.25) is 0 Å². The third-order valence-corrected chi connectivity index (χ3v) is 5.51. The summed E-state index contributed by atoms with van der Waals surface area (Å²) in [5.41, 5.74) is 1.58. The molecule has 1 saturated heterocycles. The molecule has 0 atom stereocenters. The molecule has 1 aromatic heterocycles. The van der Waals surface area contributed by atoms with Crippen molar-refractivity contribution in [3.8, 4) is 11.3 Å². The molecule has 4 nitrogen and oxygen atoms in total. The smallest absolute Gasteiger partial charge is 0.264 e. The highest BCUT2D eigenvalue weighted by molar-refractivity contribution is 9.10. The van der Waals surface area contributed by atoms with Crippen LogP contribution in [0.2, 0.25) is 5.02 Å². The summed E-state index contributed by atoms with van der Waals surface area (Å²) in [6, 6.07) is 18.8. The minimum atomic E-state index is -0.215. The first-order valence-corrected chi connectivity index (χ1v) is 9.97. The van der Waals surface area contributed by atoms with Crippen molar-refractivity contribution in [2.24, 2.45) is 4.99 Å². The Balaban J connectivity index is 1.55. The van der Waals surface area contributed by atoms with Crippen molar-refractivity contribution in [1.29, 1.82) is 0 Å². The molecule has 0 bridgehead atoms. The molecule has 1 fully saturated rings. The monoisotopic (exact) mass is 458 g/mol. The number of nitrogens with one attached hydrogen (secondary N) is 1. The zero-order valence-electron chi connectivity index (χ0n) is 13.8. The van der Waals surface area contributed by atoms with Gasteiger partial charge in [-0.2, -0.15) is 0 Å². The topological polar surface area (TPSA) is 54.6 Å². The van der Waals surface area contributed by atoms with E-state index in [1.54, 1.807) is 18.2 Å². The number of nitrogens with zero attached hydrogens (tertiary/aromatic N) is 1. The van der Waals surface area contributed by atoms with Gasteiger partial charge in [-0.3, -0.25) is 4.79 Å². The summed E-state index contributed by atoms with van der Waals surface area (Å²) < 4.78 is 6.85. The van der Waals surface area contributed by atoms with Gasteiger partial charge in [-0.1, -0.05) is 51.8 Å². The van der Waals surface area contributed by atoms with Crippen molar-refractivity contribution >= 4 is 62.1 Å². The van der Waals surface area contributed by atoms with E-state index in [1.807, 2.05) is 48.5 Å². The number of furan rings is 1. The van der Waals surface area contributed by atoms with Crippen LogP contribution < -0.4 is 5.32 Å². The lowest BCUT2D eigenvalue weighted by Gasteiger charge is -1.98. The number of amidine groups is 1. The molecule has 134 valence electrons. The van der Waals surface area contributed by atoms with Crippen LogP contribution in [-0.4, -0.2) is 11.1 Å². The van der Waals surface area contributed by atoms with Gasteiger partial charge in [0.15, 0.2) is 5.17 Å². The van der Waals surface area contributed by atoms with Gasteiger partial charge < -0.3 is 9.73 Å². The lowest BCUT2D eigenvalue weighted by Crippen LogP contribution is -2.19. The van der Waals surface area contributed by atoms with Crippen LogP contribution in [-0.2, 0) is 4.79 Å². The Hall–Kier alpha value is -2.28. The number of carbonyl (C=O) groups is 1. The van der Waals surface area contributed by atoms with E-state index in [-0.39, 0.29) is 5.91 Å². The first-order valence-electron chi connectivity index (χ1n) is 7.98. The third kappa shape index (κ3) is 4.18. The first kappa shape index (κ1) is 18.1. The highest BCUT2D eigenvalue weighted by Gasteiger charge is 2.24. The fraction of sp³-hybridized carbons (Fsp3) is 0. The number of hydrogen-bond donors (Lipinski definition) is 1. The van der Waals surface area contributed by atoms with Gasteiger partial charge in [-0.25, -0.2) is 4.99 Å². The molecule has 1 aliphatic heterocycles. The van der Waals surface area contributed by atoms with Crippen molar-refractivity contribution in [3.05, 3.63) is 80.8 Å². The normalized spacial score (nSPS) is 16.9. The van der Waals surface area contributed by atoms with Crippen molar-refractivity contribution < 1.29 is 9.21 Å². The number of rotatable bonds is 3. The van der Waals surface area contributed by atoms with Crippen LogP contribution >= 0.6 is 39.3 Å². The van der Waals surface area contributed by atoms with E-state index < -0.39 is 0 Å². The van der Waals surface area contributed by atoms with Crippen LogP contribution in [0, 0.1) is 0 Å². The van der Waals surface area contributed by atoms with Crippen molar-refractivity contribution in [3.63, 3.8) is 0 Å². The van der Waals surface area contributed by atoms with Crippen LogP contribution in [0.5, 0.6) is 0 Å². The predicted octanol–water partition coefficient (Wildman–Crippen LogP) is 6.25. The Morgan fingerprint density at radius 3 is 2.63 bits per heavy atom. The fourth-order valence-corrected chi connectivity index (χ4v) is 3.72. The highest BCUT2D eigenvalue weighted by Crippen LogP contribution is 2.32. The molecule has 2 aromatic carbocycles. The number of aliphatic imine (C=N–C) groups is 1. The minimum Gasteiger partial charge on any atom is -0.457 e. The van der Waals surface area contributed by atoms with Crippen molar-refractivity contribution in [2.75, 3.05) is 0 Å². The number of carbonyl (C=O) groups excluding carboxylic acids is 1. The maximum Gasteiger partial charge on any atom is 0.264 e. The molecule has 27 heavy (non-hydrogen) atoms. The molecule has 0 spiro atoms. The van der Waals surface area contributed by atoms with E-state index in [2.05, 4.69) is 26.2 Å². The summed E-state index contributed by atoms with van der Waals surface area (Å²) in [5, 5.41) is 3.76. The van der Waals surface area contributed by atoms with Gasteiger partial charge in [0.25, 0.3) is 5.91 Å². The lowest BCUT2D eigenvalue weighted by atomic mass is 10.2. The van der Waals surface area contributed by atoms with E-state index in [4.69, 9.17) is 16.0 Å². The predicted molar refractivity (Wildman–Crippen MR) is 114 cm³/mol. The summed E-state index contributed by atoms with van der Waals surface area (Å²) in [7, 11) is 0. The molecule has 0 saturated carbocycles. The summed E-state index contributed by atoms with van der Waals surface area (Å²) >= 11 is 10.8. The summed E-state index contributed by atoms with van der Waals surface area (Å²) in [5.74, 6) is 1.12. The van der Waals surface area contributed by atoms with Crippen LogP contribution in [0.3, 0.4) is 0 Å². The van der Waals surface area contributed by atoms with Crippen LogP contribution in [0.1, 0.15) is 5.76 Å². The maximum absolute atomic E-state index is 12.2.